The Bertz CT molecular complexity index is 222. The molecule has 0 aromatic heterocycles. The number of hydrogen-bond donors (Lipinski definition) is 1. The number of methoxy groups -OCH3 is 1. The van der Waals surface area contributed by atoms with Gasteiger partial charge in [-0.15, -0.1) is 0 Å². The van der Waals surface area contributed by atoms with Gasteiger partial charge in [-0.1, -0.05) is 6.08 Å². The lowest BCUT2D eigenvalue weighted by atomic mass is 9.80. The maximum absolute atomic E-state index is 9.92. The molecule has 0 saturated heterocycles. The van der Waals surface area contributed by atoms with E-state index in [1.807, 2.05) is 0 Å². The van der Waals surface area contributed by atoms with Gasteiger partial charge >= 0.3 is 0 Å². The fourth-order valence-electron chi connectivity index (χ4n) is 2.77. The Hall–Kier alpha value is -0.340. The van der Waals surface area contributed by atoms with Crippen molar-refractivity contribution in [3.63, 3.8) is 0 Å². The van der Waals surface area contributed by atoms with E-state index in [0.29, 0.717) is 5.92 Å². The summed E-state index contributed by atoms with van der Waals surface area (Å²) in [7, 11) is 1.76. The van der Waals surface area contributed by atoms with Gasteiger partial charge in [0.05, 0.1) is 12.2 Å². The maximum Gasteiger partial charge on any atom is 0.0755 e. The molecule has 2 aliphatic rings. The number of hydrogen-bond acceptors (Lipinski definition) is 2. The lowest BCUT2D eigenvalue weighted by Gasteiger charge is -2.28. The molecule has 0 aromatic carbocycles. The van der Waals surface area contributed by atoms with Crippen LogP contribution in [0.5, 0.6) is 0 Å². The summed E-state index contributed by atoms with van der Waals surface area (Å²) in [6.07, 6.45) is 9.20. The number of ether oxygens (including phenoxy) is 1. The first kappa shape index (κ1) is 10.2. The highest BCUT2D eigenvalue weighted by Crippen LogP contribution is 2.36. The average molecular weight is 196 g/mol. The molecule has 1 fully saturated rings. The zero-order valence-corrected chi connectivity index (χ0v) is 8.91. The van der Waals surface area contributed by atoms with Gasteiger partial charge in [-0.05, 0) is 50.0 Å². The summed E-state index contributed by atoms with van der Waals surface area (Å²) in [5.74, 6) is 0.638. The van der Waals surface area contributed by atoms with Gasteiger partial charge in [0.15, 0.2) is 0 Å². The Kier molecular flexibility index (Phi) is 3.24. The van der Waals surface area contributed by atoms with Gasteiger partial charge in [0.25, 0.3) is 0 Å². The zero-order valence-electron chi connectivity index (χ0n) is 8.91. The van der Waals surface area contributed by atoms with Gasteiger partial charge < -0.3 is 9.84 Å². The molecule has 2 rings (SSSR count). The molecule has 0 amide bonds. The molecule has 14 heavy (non-hydrogen) atoms. The molecule has 3 atom stereocenters. The molecule has 0 radical (unpaired) electrons. The molecular formula is C12H20O2. The highest BCUT2D eigenvalue weighted by Gasteiger charge is 2.28. The lowest BCUT2D eigenvalue weighted by Crippen LogP contribution is -2.23. The van der Waals surface area contributed by atoms with Crippen LogP contribution in [0.25, 0.3) is 0 Å². The van der Waals surface area contributed by atoms with Crippen LogP contribution in [0.3, 0.4) is 0 Å². The molecular weight excluding hydrogens is 176 g/mol. The quantitative estimate of drug-likeness (QED) is 0.652. The van der Waals surface area contributed by atoms with E-state index in [-0.39, 0.29) is 12.2 Å². The highest BCUT2D eigenvalue weighted by molar-refractivity contribution is 5.18. The first-order valence-corrected chi connectivity index (χ1v) is 5.73. The summed E-state index contributed by atoms with van der Waals surface area (Å²) in [5, 5.41) is 9.92. The molecule has 0 spiro atoms. The van der Waals surface area contributed by atoms with Crippen molar-refractivity contribution in [3.05, 3.63) is 11.6 Å². The molecule has 1 saturated carbocycles. The first-order valence-electron chi connectivity index (χ1n) is 5.73. The van der Waals surface area contributed by atoms with Crippen molar-refractivity contribution in [2.75, 3.05) is 7.11 Å². The molecule has 3 unspecified atom stereocenters. The van der Waals surface area contributed by atoms with Crippen LogP contribution in [0.2, 0.25) is 0 Å². The molecule has 1 N–H and O–H groups in total. The Morgan fingerprint density at radius 2 is 1.93 bits per heavy atom. The number of aliphatic hydroxyl groups excluding tert-OH is 1. The van der Waals surface area contributed by atoms with Gasteiger partial charge in [-0.25, -0.2) is 0 Å². The largest absolute Gasteiger partial charge is 0.389 e. The van der Waals surface area contributed by atoms with Crippen molar-refractivity contribution in [2.45, 2.75) is 50.7 Å². The summed E-state index contributed by atoms with van der Waals surface area (Å²) >= 11 is 0. The molecule has 0 heterocycles. The average Bonchev–Trinajstić information content (AvgIpc) is 2.40. The van der Waals surface area contributed by atoms with E-state index in [0.717, 1.165) is 12.8 Å². The fourth-order valence-corrected chi connectivity index (χ4v) is 2.77. The summed E-state index contributed by atoms with van der Waals surface area (Å²) in [4.78, 5) is 0. The van der Waals surface area contributed by atoms with Crippen molar-refractivity contribution in [1.29, 1.82) is 0 Å². The van der Waals surface area contributed by atoms with Crippen molar-refractivity contribution in [3.8, 4) is 0 Å². The van der Waals surface area contributed by atoms with Crippen LogP contribution in [0.4, 0.5) is 0 Å². The zero-order chi connectivity index (χ0) is 9.97. The van der Waals surface area contributed by atoms with Gasteiger partial charge in [0.1, 0.15) is 0 Å². The molecule has 0 bridgehead atoms. The van der Waals surface area contributed by atoms with Gasteiger partial charge in [-0.3, -0.25) is 0 Å². The van der Waals surface area contributed by atoms with E-state index in [9.17, 15) is 5.11 Å². The van der Waals surface area contributed by atoms with Crippen LogP contribution in [-0.4, -0.2) is 24.4 Å². The monoisotopic (exact) mass is 196 g/mol. The second-order valence-corrected chi connectivity index (χ2v) is 4.52. The van der Waals surface area contributed by atoms with E-state index in [4.69, 9.17) is 4.74 Å². The van der Waals surface area contributed by atoms with Crippen molar-refractivity contribution in [2.24, 2.45) is 5.92 Å². The summed E-state index contributed by atoms with van der Waals surface area (Å²) in [6, 6.07) is 0. The van der Waals surface area contributed by atoms with Crippen LogP contribution in [0, 0.1) is 5.92 Å². The third kappa shape index (κ3) is 2.01. The summed E-state index contributed by atoms with van der Waals surface area (Å²) < 4.78 is 5.38. The Morgan fingerprint density at radius 1 is 1.21 bits per heavy atom. The third-order valence-electron chi connectivity index (χ3n) is 3.61. The van der Waals surface area contributed by atoms with Crippen LogP contribution in [0.1, 0.15) is 38.5 Å². The van der Waals surface area contributed by atoms with Crippen molar-refractivity contribution >= 4 is 0 Å². The van der Waals surface area contributed by atoms with E-state index >= 15 is 0 Å². The predicted octanol–water partition coefficient (Wildman–Crippen LogP) is 2.27. The molecule has 0 aliphatic heterocycles. The maximum atomic E-state index is 9.92. The summed E-state index contributed by atoms with van der Waals surface area (Å²) in [6.45, 7) is 0. The molecule has 2 heteroatoms. The Morgan fingerprint density at radius 3 is 2.64 bits per heavy atom. The van der Waals surface area contributed by atoms with Gasteiger partial charge in [0.2, 0.25) is 0 Å². The minimum absolute atomic E-state index is 0.190. The second-order valence-electron chi connectivity index (χ2n) is 4.52. The van der Waals surface area contributed by atoms with Crippen LogP contribution in [-0.2, 0) is 4.74 Å². The van der Waals surface area contributed by atoms with Crippen molar-refractivity contribution in [1.82, 2.24) is 0 Å². The standard InChI is InChI=1S/C12H20O2/c1-14-10-6-2-4-9-5-3-7-12(13)11(9)8-10/h8-10,12-13H,2-7H2,1H3. The molecule has 2 aliphatic carbocycles. The van der Waals surface area contributed by atoms with Gasteiger partial charge in [0, 0.05) is 7.11 Å². The topological polar surface area (TPSA) is 29.5 Å². The first-order chi connectivity index (χ1) is 6.81. The van der Waals surface area contributed by atoms with Gasteiger partial charge in [-0.2, -0.15) is 0 Å². The highest BCUT2D eigenvalue weighted by atomic mass is 16.5. The molecule has 2 nitrogen and oxygen atoms in total. The van der Waals surface area contributed by atoms with E-state index in [1.165, 1.54) is 31.3 Å². The third-order valence-corrected chi connectivity index (χ3v) is 3.61. The molecule has 0 aromatic rings. The predicted molar refractivity (Wildman–Crippen MR) is 56.1 cm³/mol. The summed E-state index contributed by atoms with van der Waals surface area (Å²) in [5.41, 5.74) is 1.26. The Balaban J connectivity index is 2.16. The normalized spacial score (nSPS) is 38.4. The van der Waals surface area contributed by atoms with Crippen LogP contribution < -0.4 is 0 Å². The fraction of sp³-hybridized carbons (Fsp3) is 0.833. The van der Waals surface area contributed by atoms with Crippen LogP contribution >= 0.6 is 0 Å². The second kappa shape index (κ2) is 4.45. The van der Waals surface area contributed by atoms with E-state index in [2.05, 4.69) is 6.08 Å². The Labute approximate surface area is 86.0 Å². The number of rotatable bonds is 1. The lowest BCUT2D eigenvalue weighted by molar-refractivity contribution is 0.130. The number of aliphatic hydroxyl groups is 1. The van der Waals surface area contributed by atoms with E-state index in [1.54, 1.807) is 7.11 Å². The molecule has 80 valence electrons. The van der Waals surface area contributed by atoms with Crippen molar-refractivity contribution < 1.29 is 9.84 Å². The smallest absolute Gasteiger partial charge is 0.0755 e. The minimum atomic E-state index is -0.190. The van der Waals surface area contributed by atoms with E-state index < -0.39 is 0 Å². The van der Waals surface area contributed by atoms with Crippen LogP contribution in [0.15, 0.2) is 11.6 Å². The number of fused-ring (bicyclic) bond motifs is 1. The minimum Gasteiger partial charge on any atom is -0.389 e. The SMILES string of the molecule is COC1C=C2C(O)CCCC2CCC1.